The molecular formula is C29H35N7O2. The second-order valence-corrected chi connectivity index (χ2v) is 12.0. The molecular weight excluding hydrogens is 478 g/mol. The van der Waals surface area contributed by atoms with Crippen LogP contribution in [0.1, 0.15) is 55.2 Å². The smallest absolute Gasteiger partial charge is 0.236 e. The van der Waals surface area contributed by atoms with Gasteiger partial charge in [0.15, 0.2) is 5.65 Å². The van der Waals surface area contributed by atoms with Gasteiger partial charge in [-0.1, -0.05) is 19.9 Å². The van der Waals surface area contributed by atoms with Crippen LogP contribution in [0, 0.1) is 12.3 Å². The molecule has 1 aromatic carbocycles. The summed E-state index contributed by atoms with van der Waals surface area (Å²) in [7, 11) is 0. The summed E-state index contributed by atoms with van der Waals surface area (Å²) in [5.41, 5.74) is 8.27. The minimum atomic E-state index is 0.279. The van der Waals surface area contributed by atoms with Gasteiger partial charge in [-0.25, -0.2) is 0 Å². The topological polar surface area (TPSA) is 91.7 Å². The molecule has 0 bridgehead atoms. The zero-order chi connectivity index (χ0) is 26.0. The number of rotatable bonds is 5. The van der Waals surface area contributed by atoms with Crippen molar-refractivity contribution in [1.29, 1.82) is 0 Å². The first-order valence-corrected chi connectivity index (χ1v) is 13.8. The summed E-state index contributed by atoms with van der Waals surface area (Å²) in [5, 5.41) is 13.4. The van der Waals surface area contributed by atoms with E-state index >= 15 is 0 Å². The van der Waals surface area contributed by atoms with E-state index in [-0.39, 0.29) is 5.91 Å². The van der Waals surface area contributed by atoms with Gasteiger partial charge in [0.2, 0.25) is 5.91 Å². The summed E-state index contributed by atoms with van der Waals surface area (Å²) in [6, 6.07) is 9.04. The minimum Gasteiger partial charge on any atom is -0.380 e. The van der Waals surface area contributed by atoms with Crippen molar-refractivity contribution in [2.75, 3.05) is 45.9 Å². The summed E-state index contributed by atoms with van der Waals surface area (Å²) in [6.07, 6.45) is 4.03. The van der Waals surface area contributed by atoms with Crippen molar-refractivity contribution >= 4 is 22.5 Å². The largest absolute Gasteiger partial charge is 0.380 e. The van der Waals surface area contributed by atoms with Gasteiger partial charge < -0.3 is 14.6 Å². The highest BCUT2D eigenvalue weighted by atomic mass is 16.5. The van der Waals surface area contributed by atoms with Crippen LogP contribution in [0.3, 0.4) is 0 Å². The van der Waals surface area contributed by atoms with E-state index in [1.54, 1.807) is 4.52 Å². The van der Waals surface area contributed by atoms with E-state index < -0.39 is 0 Å². The van der Waals surface area contributed by atoms with Crippen LogP contribution in [0.4, 0.5) is 0 Å². The van der Waals surface area contributed by atoms with Gasteiger partial charge in [-0.15, -0.1) is 5.10 Å². The fraction of sp³-hybridized carbons (Fsp3) is 0.517. The van der Waals surface area contributed by atoms with Gasteiger partial charge in [-0.05, 0) is 76.9 Å². The molecule has 0 unspecified atom stereocenters. The third-order valence-corrected chi connectivity index (χ3v) is 8.82. The van der Waals surface area contributed by atoms with Crippen LogP contribution in [0.25, 0.3) is 27.8 Å². The molecule has 0 aliphatic carbocycles. The number of likely N-dealkylation sites (tertiary alicyclic amines) is 2. The number of fused-ring (bicyclic) bond motifs is 2. The number of amides is 1. The molecule has 38 heavy (non-hydrogen) atoms. The molecule has 6 heterocycles. The number of nitrogens with zero attached hydrogens (tertiary/aromatic N) is 6. The average Bonchev–Trinajstić information content (AvgIpc) is 3.49. The molecule has 9 nitrogen and oxygen atoms in total. The molecule has 3 aromatic heterocycles. The van der Waals surface area contributed by atoms with Gasteiger partial charge in [0, 0.05) is 54.3 Å². The van der Waals surface area contributed by atoms with Gasteiger partial charge in [0.1, 0.15) is 0 Å². The third-order valence-electron chi connectivity index (χ3n) is 8.82. The second kappa shape index (κ2) is 8.88. The Kier molecular flexibility index (Phi) is 5.56. The van der Waals surface area contributed by atoms with Crippen molar-refractivity contribution in [3.63, 3.8) is 0 Å². The summed E-state index contributed by atoms with van der Waals surface area (Å²) < 4.78 is 7.11. The Bertz CT molecular complexity index is 1520. The first-order valence-electron chi connectivity index (χ1n) is 13.8. The highest BCUT2D eigenvalue weighted by Gasteiger charge is 2.49. The van der Waals surface area contributed by atoms with Gasteiger partial charge >= 0.3 is 0 Å². The Morgan fingerprint density at radius 1 is 1.18 bits per heavy atom. The quantitative estimate of drug-likeness (QED) is 0.437. The number of ether oxygens (including phenoxy) is 1. The van der Waals surface area contributed by atoms with Gasteiger partial charge in [-0.2, -0.15) is 4.52 Å². The number of carbonyl (C=O) groups is 1. The number of hydrogen-bond donors (Lipinski definition) is 1. The van der Waals surface area contributed by atoms with Crippen molar-refractivity contribution in [1.82, 2.24) is 34.8 Å². The predicted molar refractivity (Wildman–Crippen MR) is 145 cm³/mol. The van der Waals surface area contributed by atoms with Crippen LogP contribution in [0.15, 0.2) is 30.5 Å². The number of piperidine rings is 1. The molecule has 3 aliphatic rings. The Morgan fingerprint density at radius 2 is 1.97 bits per heavy atom. The van der Waals surface area contributed by atoms with E-state index in [0.717, 1.165) is 80.2 Å². The Morgan fingerprint density at radius 3 is 2.68 bits per heavy atom. The first kappa shape index (κ1) is 23.8. The lowest BCUT2D eigenvalue weighted by Gasteiger charge is -2.55. The Labute approximate surface area is 222 Å². The number of pyridine rings is 1. The maximum Gasteiger partial charge on any atom is 0.236 e. The van der Waals surface area contributed by atoms with Gasteiger partial charge in [0.25, 0.3) is 0 Å². The number of hydrogen-bond acceptors (Lipinski definition) is 6. The summed E-state index contributed by atoms with van der Waals surface area (Å²) in [6.45, 7) is 12.5. The van der Waals surface area contributed by atoms with Crippen molar-refractivity contribution in [2.24, 2.45) is 5.41 Å². The monoisotopic (exact) mass is 513 g/mol. The molecule has 3 fully saturated rings. The maximum atomic E-state index is 12.9. The third kappa shape index (κ3) is 3.91. The molecule has 9 heteroatoms. The number of H-pyrrole nitrogens is 1. The summed E-state index contributed by atoms with van der Waals surface area (Å²) in [5.74, 6) is 1.10. The van der Waals surface area contributed by atoms with Crippen LogP contribution in [-0.2, 0) is 9.53 Å². The lowest BCUT2D eigenvalue weighted by atomic mass is 9.78. The number of aromatic amines is 1. The fourth-order valence-corrected chi connectivity index (χ4v) is 6.80. The molecule has 3 aliphatic heterocycles. The van der Waals surface area contributed by atoms with E-state index in [9.17, 15) is 4.79 Å². The number of tetrazole rings is 1. The van der Waals surface area contributed by atoms with E-state index in [1.165, 1.54) is 16.5 Å². The molecule has 1 N–H and O–H groups in total. The van der Waals surface area contributed by atoms with Crippen LogP contribution < -0.4 is 0 Å². The number of carbonyl (C=O) groups excluding carboxylic acids is 1. The average molecular weight is 514 g/mol. The SMILES string of the molecule is Cc1cc(-c2[nH]c3ccc(C4CCN(C(=O)CN5CC6(COC6)C5)CC4)cc3c2C(C)C)cn2nnnc12. The fourth-order valence-electron chi connectivity index (χ4n) is 6.80. The number of nitrogens with one attached hydrogen (secondary N) is 1. The van der Waals surface area contributed by atoms with Crippen molar-refractivity contribution < 1.29 is 9.53 Å². The Hall–Kier alpha value is -3.30. The van der Waals surface area contributed by atoms with Crippen molar-refractivity contribution in [3.8, 4) is 11.3 Å². The maximum absolute atomic E-state index is 12.9. The molecule has 7 rings (SSSR count). The van der Waals surface area contributed by atoms with E-state index in [4.69, 9.17) is 4.74 Å². The molecule has 1 spiro atoms. The highest BCUT2D eigenvalue weighted by Crippen LogP contribution is 2.39. The molecule has 198 valence electrons. The van der Waals surface area contributed by atoms with Crippen molar-refractivity contribution in [3.05, 3.63) is 47.2 Å². The van der Waals surface area contributed by atoms with Crippen molar-refractivity contribution in [2.45, 2.75) is 45.4 Å². The van der Waals surface area contributed by atoms with E-state index in [1.807, 2.05) is 13.1 Å². The highest BCUT2D eigenvalue weighted by molar-refractivity contribution is 5.92. The van der Waals surface area contributed by atoms with Crippen LogP contribution in [0.5, 0.6) is 0 Å². The van der Waals surface area contributed by atoms with Crippen LogP contribution in [0.2, 0.25) is 0 Å². The zero-order valence-corrected chi connectivity index (χ0v) is 22.4. The standard InChI is InChI=1S/C29H35N7O2/c1-18(2)26-23-11-21(4-5-24(23)30-27(26)22-10-19(3)28-31-32-33-36(28)12-22)20-6-8-35(9-7-20)25(37)13-34-14-29(15-34)16-38-17-29/h4-5,10-12,18,20,30H,6-9,13-17H2,1-3H3. The number of aryl methyl sites for hydroxylation is 1. The minimum absolute atomic E-state index is 0.279. The zero-order valence-electron chi connectivity index (χ0n) is 22.4. The predicted octanol–water partition coefficient (Wildman–Crippen LogP) is 3.74. The molecule has 0 atom stereocenters. The molecule has 0 radical (unpaired) electrons. The van der Waals surface area contributed by atoms with Gasteiger partial charge in [0.05, 0.1) is 25.5 Å². The normalized spacial score (nSPS) is 19.9. The number of aromatic nitrogens is 5. The summed E-state index contributed by atoms with van der Waals surface area (Å²) >= 11 is 0. The van der Waals surface area contributed by atoms with Crippen LogP contribution >= 0.6 is 0 Å². The Balaban J connectivity index is 1.09. The lowest BCUT2D eigenvalue weighted by molar-refractivity contribution is -0.191. The van der Waals surface area contributed by atoms with E-state index in [2.05, 4.69) is 68.4 Å². The lowest BCUT2D eigenvalue weighted by Crippen LogP contribution is -2.67. The molecule has 0 saturated carbocycles. The second-order valence-electron chi connectivity index (χ2n) is 12.0. The first-order chi connectivity index (χ1) is 18.4. The van der Waals surface area contributed by atoms with Crippen LogP contribution in [-0.4, -0.2) is 86.7 Å². The number of benzene rings is 1. The van der Waals surface area contributed by atoms with Gasteiger partial charge in [-0.3, -0.25) is 9.69 Å². The molecule has 3 saturated heterocycles. The van der Waals surface area contributed by atoms with E-state index in [0.29, 0.717) is 23.8 Å². The molecule has 1 amide bonds. The summed E-state index contributed by atoms with van der Waals surface area (Å²) in [4.78, 5) is 21.0. The molecule has 4 aromatic rings.